The molecule has 214 valence electrons. The van der Waals surface area contributed by atoms with E-state index >= 15 is 0 Å². The summed E-state index contributed by atoms with van der Waals surface area (Å²) in [6, 6.07) is 18.3. The van der Waals surface area contributed by atoms with Gasteiger partial charge in [0, 0.05) is 19.5 Å². The molecular weight excluding hydrogens is 576 g/mol. The highest BCUT2D eigenvalue weighted by Gasteiger charge is 2.33. The van der Waals surface area contributed by atoms with Crippen LogP contribution in [-0.2, 0) is 32.6 Å². The monoisotopic (exact) mass is 607 g/mol. The summed E-state index contributed by atoms with van der Waals surface area (Å²) in [5, 5.41) is 3.01. The summed E-state index contributed by atoms with van der Waals surface area (Å²) in [6.45, 7) is 1.73. The average Bonchev–Trinajstić information content (AvgIpc) is 2.92. The van der Waals surface area contributed by atoms with Crippen molar-refractivity contribution in [3.05, 3.63) is 99.8 Å². The Morgan fingerprint density at radius 3 is 2.25 bits per heavy atom. The Balaban J connectivity index is 2.05. The number of carbonyl (C=O) groups is 2. The molecule has 7 nitrogen and oxygen atoms in total. The number of rotatable bonds is 13. The third-order valence-corrected chi connectivity index (χ3v) is 8.18. The summed E-state index contributed by atoms with van der Waals surface area (Å²) in [6.07, 6.45) is 2.76. The first-order valence-electron chi connectivity index (χ1n) is 12.8. The fraction of sp³-hybridized carbons (Fsp3) is 0.310. The van der Waals surface area contributed by atoms with Crippen LogP contribution >= 0.6 is 23.2 Å². The van der Waals surface area contributed by atoms with Crippen LogP contribution in [0.25, 0.3) is 0 Å². The predicted octanol–water partition coefficient (Wildman–Crippen LogP) is 5.45. The zero-order chi connectivity index (χ0) is 29.3. The summed E-state index contributed by atoms with van der Waals surface area (Å²) < 4.78 is 40.2. The molecule has 0 spiro atoms. The molecule has 0 aromatic heterocycles. The van der Waals surface area contributed by atoms with Gasteiger partial charge < -0.3 is 10.2 Å². The quantitative estimate of drug-likeness (QED) is 0.262. The second-order valence-corrected chi connectivity index (χ2v) is 12.0. The van der Waals surface area contributed by atoms with Crippen molar-refractivity contribution in [1.29, 1.82) is 0 Å². The highest BCUT2D eigenvalue weighted by atomic mass is 35.5. The van der Waals surface area contributed by atoms with Crippen LogP contribution in [0.5, 0.6) is 0 Å². The molecule has 11 heteroatoms. The molecule has 0 aliphatic heterocycles. The Labute approximate surface area is 244 Å². The molecule has 3 aromatic carbocycles. The topological polar surface area (TPSA) is 86.8 Å². The second kappa shape index (κ2) is 14.5. The van der Waals surface area contributed by atoms with Gasteiger partial charge in [0.15, 0.2) is 0 Å². The van der Waals surface area contributed by atoms with Crippen molar-refractivity contribution in [2.75, 3.05) is 23.7 Å². The molecule has 0 bridgehead atoms. The fourth-order valence-electron chi connectivity index (χ4n) is 4.13. The van der Waals surface area contributed by atoms with Crippen LogP contribution in [0.1, 0.15) is 30.9 Å². The first-order chi connectivity index (χ1) is 19.0. The first kappa shape index (κ1) is 31.4. The fourth-order valence-corrected chi connectivity index (χ4v) is 5.43. The molecule has 3 rings (SSSR count). The lowest BCUT2D eigenvalue weighted by Gasteiger charge is -2.33. The molecule has 0 saturated heterocycles. The van der Waals surface area contributed by atoms with Gasteiger partial charge in [-0.25, -0.2) is 12.8 Å². The van der Waals surface area contributed by atoms with Crippen LogP contribution in [-0.4, -0.2) is 50.5 Å². The Morgan fingerprint density at radius 2 is 1.62 bits per heavy atom. The minimum Gasteiger partial charge on any atom is -0.354 e. The molecule has 0 aliphatic carbocycles. The number of sulfonamides is 1. The highest BCUT2D eigenvalue weighted by molar-refractivity contribution is 7.92. The Morgan fingerprint density at radius 1 is 0.950 bits per heavy atom. The van der Waals surface area contributed by atoms with Gasteiger partial charge in [-0.2, -0.15) is 0 Å². The molecule has 0 aliphatic rings. The van der Waals surface area contributed by atoms with Crippen molar-refractivity contribution in [2.24, 2.45) is 0 Å². The van der Waals surface area contributed by atoms with Crippen LogP contribution in [0.15, 0.2) is 72.8 Å². The maximum absolute atomic E-state index is 14.0. The van der Waals surface area contributed by atoms with E-state index in [1.165, 1.54) is 47.4 Å². The van der Waals surface area contributed by atoms with Gasteiger partial charge >= 0.3 is 0 Å². The van der Waals surface area contributed by atoms with Gasteiger partial charge in [0.1, 0.15) is 18.4 Å². The van der Waals surface area contributed by atoms with Crippen LogP contribution in [0, 0.1) is 5.82 Å². The maximum atomic E-state index is 14.0. The van der Waals surface area contributed by atoms with E-state index < -0.39 is 34.3 Å². The largest absolute Gasteiger partial charge is 0.354 e. The molecule has 1 atom stereocenters. The van der Waals surface area contributed by atoms with Crippen molar-refractivity contribution >= 4 is 50.7 Å². The maximum Gasteiger partial charge on any atom is 0.244 e. The zero-order valence-electron chi connectivity index (χ0n) is 22.3. The number of hydrogen-bond acceptors (Lipinski definition) is 4. The van der Waals surface area contributed by atoms with E-state index in [0.717, 1.165) is 29.0 Å². The number of carbonyl (C=O) groups excluding carboxylic acids is 2. The van der Waals surface area contributed by atoms with Crippen molar-refractivity contribution in [2.45, 2.75) is 38.8 Å². The number of hydrogen-bond donors (Lipinski definition) is 1. The van der Waals surface area contributed by atoms with Gasteiger partial charge in [0.25, 0.3) is 0 Å². The number of unbranched alkanes of at least 4 members (excludes halogenated alkanes) is 1. The van der Waals surface area contributed by atoms with E-state index in [4.69, 9.17) is 23.2 Å². The van der Waals surface area contributed by atoms with E-state index in [2.05, 4.69) is 5.32 Å². The van der Waals surface area contributed by atoms with Crippen LogP contribution in [0.2, 0.25) is 10.0 Å². The number of amides is 2. The Bertz CT molecular complexity index is 1410. The lowest BCUT2D eigenvalue weighted by Crippen LogP contribution is -2.53. The number of anilines is 1. The van der Waals surface area contributed by atoms with Gasteiger partial charge in [-0.3, -0.25) is 13.9 Å². The van der Waals surface area contributed by atoms with E-state index in [1.807, 2.05) is 37.3 Å². The van der Waals surface area contributed by atoms with E-state index in [9.17, 15) is 22.4 Å². The van der Waals surface area contributed by atoms with Crippen LogP contribution in [0.4, 0.5) is 10.1 Å². The number of benzene rings is 3. The summed E-state index contributed by atoms with van der Waals surface area (Å²) in [5.74, 6) is -1.46. The summed E-state index contributed by atoms with van der Waals surface area (Å²) in [4.78, 5) is 28.9. The highest BCUT2D eigenvalue weighted by Crippen LogP contribution is 2.33. The average molecular weight is 609 g/mol. The predicted molar refractivity (Wildman–Crippen MR) is 157 cm³/mol. The minimum atomic E-state index is -3.99. The molecule has 0 fully saturated rings. The van der Waals surface area contributed by atoms with Gasteiger partial charge in [-0.05, 0) is 41.8 Å². The summed E-state index contributed by atoms with van der Waals surface area (Å²) in [5.41, 5.74) is 1.42. The van der Waals surface area contributed by atoms with Crippen LogP contribution in [0.3, 0.4) is 0 Å². The molecule has 3 aromatic rings. The van der Waals surface area contributed by atoms with Gasteiger partial charge in [-0.1, -0.05) is 85.1 Å². The molecular formula is C29H32Cl2FN3O4S. The van der Waals surface area contributed by atoms with Crippen molar-refractivity contribution in [3.63, 3.8) is 0 Å². The molecule has 2 amide bonds. The zero-order valence-corrected chi connectivity index (χ0v) is 24.6. The van der Waals surface area contributed by atoms with Crippen molar-refractivity contribution < 1.29 is 22.4 Å². The minimum absolute atomic E-state index is 0.0226. The van der Waals surface area contributed by atoms with E-state index in [1.54, 1.807) is 0 Å². The summed E-state index contributed by atoms with van der Waals surface area (Å²) in [7, 11) is -3.99. The lowest BCUT2D eigenvalue weighted by atomic mass is 10.0. The van der Waals surface area contributed by atoms with E-state index in [0.29, 0.717) is 12.1 Å². The van der Waals surface area contributed by atoms with E-state index in [-0.39, 0.29) is 34.6 Å². The second-order valence-electron chi connectivity index (χ2n) is 9.34. The van der Waals surface area contributed by atoms with Crippen LogP contribution < -0.4 is 9.62 Å². The molecule has 0 unspecified atom stereocenters. The SMILES string of the molecule is CCCCNC(=O)[C@H](Cc1ccccc1)N(Cc1ccc(F)cc1)C(=O)CN(c1cccc(Cl)c1Cl)S(C)(=O)=O. The van der Waals surface area contributed by atoms with Gasteiger partial charge in [0.2, 0.25) is 21.8 Å². The molecule has 0 heterocycles. The molecule has 1 N–H and O–H groups in total. The number of nitrogens with zero attached hydrogens (tertiary/aromatic N) is 2. The van der Waals surface area contributed by atoms with Gasteiger partial charge in [0.05, 0.1) is 22.0 Å². The first-order valence-corrected chi connectivity index (χ1v) is 15.4. The lowest BCUT2D eigenvalue weighted by molar-refractivity contribution is -0.140. The third kappa shape index (κ3) is 8.68. The standard InChI is InChI=1S/C29H32Cl2FN3O4S/c1-3-4-17-33-29(37)26(18-21-9-6-5-7-10-21)34(19-22-13-15-23(32)16-14-22)27(36)20-35(40(2,38)39)25-12-8-11-24(30)28(25)31/h5-16,26H,3-4,17-20H2,1-2H3,(H,33,37)/t26-/m0/s1. The third-order valence-electron chi connectivity index (χ3n) is 6.25. The molecule has 0 saturated carbocycles. The number of halogens is 3. The molecule has 40 heavy (non-hydrogen) atoms. The normalized spacial score (nSPS) is 12.0. The number of nitrogens with one attached hydrogen (secondary N) is 1. The van der Waals surface area contributed by atoms with Crippen molar-refractivity contribution in [3.8, 4) is 0 Å². The van der Waals surface area contributed by atoms with Crippen molar-refractivity contribution in [1.82, 2.24) is 10.2 Å². The summed E-state index contributed by atoms with van der Waals surface area (Å²) >= 11 is 12.5. The smallest absolute Gasteiger partial charge is 0.244 e. The Hall–Kier alpha value is -3.14. The Kier molecular flexibility index (Phi) is 11.4. The molecule has 0 radical (unpaired) electrons. The van der Waals surface area contributed by atoms with Gasteiger partial charge in [-0.15, -0.1) is 0 Å².